The highest BCUT2D eigenvalue weighted by atomic mass is 19.1. The highest BCUT2D eigenvalue weighted by Gasteiger charge is 2.53. The highest BCUT2D eigenvalue weighted by Crippen LogP contribution is 2.34. The van der Waals surface area contributed by atoms with Gasteiger partial charge in [-0.1, -0.05) is 0 Å². The van der Waals surface area contributed by atoms with E-state index in [9.17, 15) is 33.2 Å². The van der Waals surface area contributed by atoms with Crippen LogP contribution >= 0.6 is 0 Å². The molecule has 0 saturated carbocycles. The van der Waals surface area contributed by atoms with Gasteiger partial charge in [-0.05, 0) is 0 Å². The third-order valence-corrected chi connectivity index (χ3v) is 4.16. The lowest BCUT2D eigenvalue weighted by Gasteiger charge is -2.44. The van der Waals surface area contributed by atoms with Crippen molar-refractivity contribution in [1.29, 1.82) is 0 Å². The smallest absolute Gasteiger partial charge is 0.330 e. The Morgan fingerprint density at radius 2 is 1.47 bits per heavy atom. The topological polar surface area (TPSA) is 169 Å². The molecule has 2 rings (SSSR count). The first-order chi connectivity index (χ1) is 14.9. The lowest BCUT2D eigenvalue weighted by Crippen LogP contribution is -2.61. The van der Waals surface area contributed by atoms with Crippen molar-refractivity contribution in [3.8, 4) is 0 Å². The molecular weight excluding hydrogens is 439 g/mol. The predicted molar refractivity (Wildman–Crippen MR) is 98.5 cm³/mol. The monoisotopic (exact) mass is 460 g/mol. The van der Waals surface area contributed by atoms with Crippen LogP contribution in [-0.2, 0) is 42.9 Å². The van der Waals surface area contributed by atoms with Crippen LogP contribution in [0.25, 0.3) is 0 Å². The van der Waals surface area contributed by atoms with E-state index in [0.29, 0.717) is 10.8 Å². The number of carbonyl (C=O) groups excluding carboxylic acids is 4. The summed E-state index contributed by atoms with van der Waals surface area (Å²) in [5, 5.41) is 0. The van der Waals surface area contributed by atoms with E-state index >= 15 is 0 Å². The van der Waals surface area contributed by atoms with E-state index in [1.54, 1.807) is 4.98 Å². The standard InChI is InChI=1S/C18H21FN2O11/c1-7(22)28-6-12-13(29-8(2)23)14(30-9(3)24)15(31-10(4)25)17(32-12)21-5-11(19)16(26)20-18(21)27/h5,12-15,17H,6H2,1-4H3,(H,20,26,27)/t12-,13+,14-,15-,17+/m0/s1. The largest absolute Gasteiger partial charge is 0.463 e. The van der Waals surface area contributed by atoms with Crippen LogP contribution in [0.1, 0.15) is 33.9 Å². The maximum Gasteiger partial charge on any atom is 0.330 e. The van der Waals surface area contributed by atoms with Crippen LogP contribution in [0.15, 0.2) is 15.8 Å². The summed E-state index contributed by atoms with van der Waals surface area (Å²) in [6.07, 6.45) is -7.14. The van der Waals surface area contributed by atoms with Gasteiger partial charge in [0.05, 0.1) is 6.20 Å². The van der Waals surface area contributed by atoms with Crippen molar-refractivity contribution in [2.24, 2.45) is 0 Å². The van der Waals surface area contributed by atoms with E-state index in [1.165, 1.54) is 0 Å². The predicted octanol–water partition coefficient (Wildman–Crippen LogP) is -1.07. The van der Waals surface area contributed by atoms with Crippen LogP contribution in [-0.4, -0.2) is 64.5 Å². The molecule has 13 nitrogen and oxygen atoms in total. The number of nitrogens with zero attached hydrogens (tertiary/aromatic N) is 1. The molecule has 0 spiro atoms. The Kier molecular flexibility index (Phi) is 7.86. The Morgan fingerprint density at radius 1 is 0.938 bits per heavy atom. The van der Waals surface area contributed by atoms with Crippen LogP contribution < -0.4 is 11.2 Å². The molecule has 1 aromatic heterocycles. The van der Waals surface area contributed by atoms with Gasteiger partial charge in [0.15, 0.2) is 24.5 Å². The second-order valence-electron chi connectivity index (χ2n) is 6.73. The molecule has 1 aliphatic rings. The van der Waals surface area contributed by atoms with E-state index in [1.807, 2.05) is 0 Å². The summed E-state index contributed by atoms with van der Waals surface area (Å²) in [5.74, 6) is -4.71. The van der Waals surface area contributed by atoms with Crippen molar-refractivity contribution >= 4 is 23.9 Å². The minimum Gasteiger partial charge on any atom is -0.463 e. The summed E-state index contributed by atoms with van der Waals surface area (Å²) in [6.45, 7) is 3.63. The summed E-state index contributed by atoms with van der Waals surface area (Å²) in [6, 6.07) is 0. The second kappa shape index (κ2) is 10.2. The molecular formula is C18H21FN2O11. The molecule has 0 bridgehead atoms. The molecule has 176 valence electrons. The Bertz CT molecular complexity index is 1020. The van der Waals surface area contributed by atoms with Gasteiger partial charge in [0.1, 0.15) is 12.7 Å². The number of hydrogen-bond donors (Lipinski definition) is 1. The van der Waals surface area contributed by atoms with Gasteiger partial charge in [-0.3, -0.25) is 33.5 Å². The number of aromatic amines is 1. The lowest BCUT2D eigenvalue weighted by molar-refractivity contribution is -0.269. The summed E-state index contributed by atoms with van der Waals surface area (Å²) < 4.78 is 40.6. The molecule has 0 aromatic carbocycles. The fourth-order valence-corrected chi connectivity index (χ4v) is 3.08. The Morgan fingerprint density at radius 3 is 2.00 bits per heavy atom. The molecule has 2 heterocycles. The average molecular weight is 460 g/mol. The van der Waals surface area contributed by atoms with Crippen LogP contribution in [0, 0.1) is 5.82 Å². The number of halogens is 1. The van der Waals surface area contributed by atoms with Gasteiger partial charge in [0.2, 0.25) is 5.82 Å². The van der Waals surface area contributed by atoms with E-state index in [4.69, 9.17) is 23.7 Å². The minimum atomic E-state index is -1.67. The SMILES string of the molecule is CC(=O)OC[C@@H]1O[C@@H](n2cc(F)c(=O)[nH]c2=O)[C@@H](OC(C)=O)[C@@H](OC(C)=O)[C@@H]1OC(C)=O. The fourth-order valence-electron chi connectivity index (χ4n) is 3.08. The number of nitrogens with one attached hydrogen (secondary N) is 1. The summed E-state index contributed by atoms with van der Waals surface area (Å²) >= 11 is 0. The van der Waals surface area contributed by atoms with Gasteiger partial charge in [0.25, 0.3) is 5.56 Å². The third-order valence-electron chi connectivity index (χ3n) is 4.16. The molecule has 0 radical (unpaired) electrons. The maximum atomic E-state index is 13.9. The molecule has 0 unspecified atom stereocenters. The van der Waals surface area contributed by atoms with E-state index in [2.05, 4.69) is 0 Å². The maximum absolute atomic E-state index is 13.9. The number of ether oxygens (including phenoxy) is 5. The van der Waals surface area contributed by atoms with Gasteiger partial charge in [0, 0.05) is 27.7 Å². The first-order valence-corrected chi connectivity index (χ1v) is 9.22. The summed E-state index contributed by atoms with van der Waals surface area (Å²) in [5.41, 5.74) is -2.45. The normalized spacial score (nSPS) is 24.8. The molecule has 1 N–H and O–H groups in total. The molecule has 0 amide bonds. The molecule has 14 heteroatoms. The van der Waals surface area contributed by atoms with Gasteiger partial charge in [-0.15, -0.1) is 0 Å². The van der Waals surface area contributed by atoms with Crippen LogP contribution in [0.5, 0.6) is 0 Å². The number of aromatic nitrogens is 2. The quantitative estimate of drug-likeness (QED) is 0.405. The molecule has 5 atom stereocenters. The fraction of sp³-hybridized carbons (Fsp3) is 0.556. The zero-order valence-corrected chi connectivity index (χ0v) is 17.5. The molecule has 1 aliphatic heterocycles. The number of H-pyrrole nitrogens is 1. The van der Waals surface area contributed by atoms with Gasteiger partial charge in [-0.25, -0.2) is 4.79 Å². The molecule has 1 aromatic rings. The Hall–Kier alpha value is -3.55. The third kappa shape index (κ3) is 6.00. The molecule has 1 saturated heterocycles. The first-order valence-electron chi connectivity index (χ1n) is 9.22. The van der Waals surface area contributed by atoms with Crippen LogP contribution in [0.4, 0.5) is 4.39 Å². The zero-order valence-electron chi connectivity index (χ0n) is 17.5. The number of carbonyl (C=O) groups is 4. The van der Waals surface area contributed by atoms with Crippen LogP contribution in [0.2, 0.25) is 0 Å². The van der Waals surface area contributed by atoms with E-state index < -0.39 is 78.2 Å². The number of esters is 4. The van der Waals surface area contributed by atoms with Gasteiger partial charge in [-0.2, -0.15) is 4.39 Å². The van der Waals surface area contributed by atoms with Crippen molar-refractivity contribution in [3.05, 3.63) is 32.9 Å². The van der Waals surface area contributed by atoms with Crippen molar-refractivity contribution in [1.82, 2.24) is 9.55 Å². The molecule has 1 fully saturated rings. The highest BCUT2D eigenvalue weighted by molar-refractivity contribution is 5.68. The zero-order chi connectivity index (χ0) is 24.2. The van der Waals surface area contributed by atoms with Crippen molar-refractivity contribution in [2.75, 3.05) is 6.61 Å². The Labute approximate surface area is 179 Å². The lowest BCUT2D eigenvalue weighted by atomic mass is 9.97. The number of rotatable bonds is 6. The second-order valence-corrected chi connectivity index (χ2v) is 6.73. The Balaban J connectivity index is 2.65. The van der Waals surface area contributed by atoms with Crippen molar-refractivity contribution in [3.63, 3.8) is 0 Å². The van der Waals surface area contributed by atoms with Crippen LogP contribution in [0.3, 0.4) is 0 Å². The average Bonchev–Trinajstić information content (AvgIpc) is 2.65. The number of hydrogen-bond acceptors (Lipinski definition) is 11. The summed E-state index contributed by atoms with van der Waals surface area (Å²) in [7, 11) is 0. The van der Waals surface area contributed by atoms with E-state index in [0.717, 1.165) is 27.7 Å². The van der Waals surface area contributed by atoms with E-state index in [-0.39, 0.29) is 0 Å². The molecule has 32 heavy (non-hydrogen) atoms. The first kappa shape index (κ1) is 24.7. The van der Waals surface area contributed by atoms with Crippen molar-refractivity contribution < 1.29 is 47.3 Å². The minimum absolute atomic E-state index is 0.502. The van der Waals surface area contributed by atoms with Crippen molar-refractivity contribution in [2.45, 2.75) is 58.3 Å². The van der Waals surface area contributed by atoms with Gasteiger partial charge >= 0.3 is 29.6 Å². The van der Waals surface area contributed by atoms with Gasteiger partial charge < -0.3 is 23.7 Å². The summed E-state index contributed by atoms with van der Waals surface area (Å²) in [4.78, 5) is 71.9. The molecule has 0 aliphatic carbocycles.